The summed E-state index contributed by atoms with van der Waals surface area (Å²) in [7, 11) is 0. The van der Waals surface area contributed by atoms with Gasteiger partial charge in [0.2, 0.25) is 0 Å². The molecule has 0 aliphatic heterocycles. The second-order valence-corrected chi connectivity index (χ2v) is 6.92. The van der Waals surface area contributed by atoms with Crippen molar-refractivity contribution in [3.05, 3.63) is 78.0 Å². The number of rotatable bonds is 6. The van der Waals surface area contributed by atoms with Crippen molar-refractivity contribution in [2.75, 3.05) is 18.1 Å². The van der Waals surface area contributed by atoms with Crippen molar-refractivity contribution >= 4 is 28.7 Å². The highest BCUT2D eigenvalue weighted by atomic mass is 16.5. The molecular weight excluding hydrogens is 408 g/mol. The van der Waals surface area contributed by atoms with Crippen LogP contribution in [0.25, 0.3) is 22.4 Å². The molecule has 0 fully saturated rings. The Morgan fingerprint density at radius 2 is 1.78 bits per heavy atom. The Balaban J connectivity index is 1.60. The molecule has 0 saturated heterocycles. The third-order valence-corrected chi connectivity index (χ3v) is 4.83. The fourth-order valence-electron chi connectivity index (χ4n) is 3.30. The van der Waals surface area contributed by atoms with Crippen LogP contribution in [0.1, 0.15) is 16.1 Å². The van der Waals surface area contributed by atoms with Crippen LogP contribution in [0, 0.1) is 18.3 Å². The summed E-state index contributed by atoms with van der Waals surface area (Å²) in [5.41, 5.74) is 2.74. The maximum atomic E-state index is 13.0. The number of nitrogens with zero attached hydrogens (tertiary/aromatic N) is 4. The predicted molar refractivity (Wildman–Crippen MR) is 117 cm³/mol. The number of amides is 1. The molecule has 4 rings (SSSR count). The Bertz CT molecular complexity index is 1310. The topological polar surface area (TPSA) is 109 Å². The minimum atomic E-state index is -0.709. The normalized spacial score (nSPS) is 10.5. The van der Waals surface area contributed by atoms with E-state index in [1.807, 2.05) is 36.4 Å². The van der Waals surface area contributed by atoms with Gasteiger partial charge in [0.05, 0.1) is 28.4 Å². The molecule has 0 unspecified atom stereocenters. The summed E-state index contributed by atoms with van der Waals surface area (Å²) in [6.07, 6.45) is 0. The SMILES string of the molecule is Cc1noc2nc(-c3ccccc3)cc(C(=O)OCC(=O)N(CC#N)c3ccccc3)c12. The first-order valence-electron chi connectivity index (χ1n) is 9.80. The van der Waals surface area contributed by atoms with E-state index in [1.165, 1.54) is 4.90 Å². The van der Waals surface area contributed by atoms with Gasteiger partial charge in [0.25, 0.3) is 11.6 Å². The van der Waals surface area contributed by atoms with E-state index in [2.05, 4.69) is 10.1 Å². The zero-order valence-corrected chi connectivity index (χ0v) is 17.2. The van der Waals surface area contributed by atoms with Crippen molar-refractivity contribution in [3.8, 4) is 17.3 Å². The maximum Gasteiger partial charge on any atom is 0.339 e. The van der Waals surface area contributed by atoms with Crippen LogP contribution >= 0.6 is 0 Å². The number of carbonyl (C=O) groups excluding carboxylic acids is 2. The number of anilines is 1. The largest absolute Gasteiger partial charge is 0.452 e. The van der Waals surface area contributed by atoms with Crippen LogP contribution in [0.4, 0.5) is 5.69 Å². The van der Waals surface area contributed by atoms with E-state index in [1.54, 1.807) is 43.3 Å². The van der Waals surface area contributed by atoms with Crippen molar-refractivity contribution < 1.29 is 18.8 Å². The molecule has 2 aromatic heterocycles. The molecule has 2 aromatic carbocycles. The lowest BCUT2D eigenvalue weighted by molar-refractivity contribution is -0.121. The monoisotopic (exact) mass is 426 g/mol. The summed E-state index contributed by atoms with van der Waals surface area (Å²) in [5.74, 6) is -1.22. The lowest BCUT2D eigenvalue weighted by Crippen LogP contribution is -2.35. The van der Waals surface area contributed by atoms with Gasteiger partial charge >= 0.3 is 5.97 Å². The van der Waals surface area contributed by atoms with E-state index in [-0.39, 0.29) is 17.8 Å². The number of aryl methyl sites for hydroxylation is 1. The maximum absolute atomic E-state index is 13.0. The molecule has 0 bridgehead atoms. The molecule has 2 heterocycles. The number of pyridine rings is 1. The molecule has 0 radical (unpaired) electrons. The highest BCUT2D eigenvalue weighted by Gasteiger charge is 2.23. The zero-order valence-electron chi connectivity index (χ0n) is 17.2. The van der Waals surface area contributed by atoms with Crippen LogP contribution in [-0.2, 0) is 9.53 Å². The molecule has 0 spiro atoms. The Kier molecular flexibility index (Phi) is 5.90. The van der Waals surface area contributed by atoms with E-state index in [9.17, 15) is 9.59 Å². The standard InChI is InChI=1S/C24H18N4O4/c1-16-22-19(14-20(26-23(22)32-27-16)17-8-4-2-5-9-17)24(30)31-15-21(29)28(13-12-25)18-10-6-3-7-11-18/h2-11,14H,13,15H2,1H3. The predicted octanol–water partition coefficient (Wildman–Crippen LogP) is 3.91. The van der Waals surface area contributed by atoms with Crippen LogP contribution in [0.2, 0.25) is 0 Å². The second-order valence-electron chi connectivity index (χ2n) is 6.92. The molecule has 0 atom stereocenters. The minimum absolute atomic E-state index is 0.164. The molecule has 0 saturated carbocycles. The van der Waals surface area contributed by atoms with Crippen LogP contribution in [0.15, 0.2) is 71.3 Å². The van der Waals surface area contributed by atoms with Gasteiger partial charge in [-0.25, -0.2) is 9.78 Å². The molecule has 0 aliphatic carbocycles. The quantitative estimate of drug-likeness (QED) is 0.340. The molecule has 158 valence electrons. The Hall–Kier alpha value is -4.51. The number of carbonyl (C=O) groups is 2. The van der Waals surface area contributed by atoms with Crippen LogP contribution in [0.5, 0.6) is 0 Å². The van der Waals surface area contributed by atoms with Crippen LogP contribution < -0.4 is 4.90 Å². The Labute approximate surface area is 183 Å². The summed E-state index contributed by atoms with van der Waals surface area (Å²) in [6.45, 7) is 1.01. The van der Waals surface area contributed by atoms with Gasteiger partial charge in [0, 0.05) is 11.3 Å². The average Bonchev–Trinajstić information content (AvgIpc) is 3.22. The smallest absolute Gasteiger partial charge is 0.339 e. The first-order chi connectivity index (χ1) is 15.6. The van der Waals surface area contributed by atoms with Gasteiger partial charge in [-0.15, -0.1) is 0 Å². The molecule has 0 aliphatic rings. The number of aromatic nitrogens is 2. The van der Waals surface area contributed by atoms with Crippen molar-refractivity contribution in [1.29, 1.82) is 5.26 Å². The van der Waals surface area contributed by atoms with Crippen molar-refractivity contribution in [1.82, 2.24) is 10.1 Å². The van der Waals surface area contributed by atoms with E-state index >= 15 is 0 Å². The van der Waals surface area contributed by atoms with E-state index in [0.717, 1.165) is 5.56 Å². The number of para-hydroxylation sites is 1. The third-order valence-electron chi connectivity index (χ3n) is 4.83. The van der Waals surface area contributed by atoms with Crippen molar-refractivity contribution in [2.45, 2.75) is 6.92 Å². The third kappa shape index (κ3) is 4.18. The summed E-state index contributed by atoms with van der Waals surface area (Å²) in [4.78, 5) is 31.4. The van der Waals surface area contributed by atoms with Gasteiger partial charge in [0.1, 0.15) is 6.54 Å². The molecular formula is C24H18N4O4. The number of esters is 1. The van der Waals surface area contributed by atoms with E-state index < -0.39 is 18.5 Å². The van der Waals surface area contributed by atoms with Gasteiger partial charge in [-0.1, -0.05) is 53.7 Å². The van der Waals surface area contributed by atoms with Crippen molar-refractivity contribution in [2.24, 2.45) is 0 Å². The number of hydrogen-bond donors (Lipinski definition) is 0. The fourth-order valence-corrected chi connectivity index (χ4v) is 3.30. The van der Waals surface area contributed by atoms with Crippen molar-refractivity contribution in [3.63, 3.8) is 0 Å². The number of ether oxygens (including phenoxy) is 1. The first kappa shape index (κ1) is 20.8. The number of nitriles is 1. The van der Waals surface area contributed by atoms with Gasteiger partial charge in [-0.3, -0.25) is 9.69 Å². The highest BCUT2D eigenvalue weighted by Crippen LogP contribution is 2.27. The molecule has 4 aromatic rings. The number of hydrogen-bond acceptors (Lipinski definition) is 7. The average molecular weight is 426 g/mol. The van der Waals surface area contributed by atoms with Gasteiger partial charge < -0.3 is 9.26 Å². The molecule has 8 heteroatoms. The summed E-state index contributed by atoms with van der Waals surface area (Å²) < 4.78 is 10.6. The molecule has 1 amide bonds. The Morgan fingerprint density at radius 3 is 2.47 bits per heavy atom. The highest BCUT2D eigenvalue weighted by molar-refractivity contribution is 6.05. The van der Waals surface area contributed by atoms with Gasteiger partial charge in [-0.05, 0) is 25.1 Å². The summed E-state index contributed by atoms with van der Waals surface area (Å²) >= 11 is 0. The van der Waals surface area contributed by atoms with Gasteiger partial charge in [-0.2, -0.15) is 5.26 Å². The molecule has 8 nitrogen and oxygen atoms in total. The van der Waals surface area contributed by atoms with E-state index in [0.29, 0.717) is 22.5 Å². The van der Waals surface area contributed by atoms with Crippen LogP contribution in [0.3, 0.4) is 0 Å². The molecule has 32 heavy (non-hydrogen) atoms. The Morgan fingerprint density at radius 1 is 1.09 bits per heavy atom. The van der Waals surface area contributed by atoms with E-state index in [4.69, 9.17) is 14.5 Å². The number of fused-ring (bicyclic) bond motifs is 1. The lowest BCUT2D eigenvalue weighted by atomic mass is 10.1. The summed E-state index contributed by atoms with van der Waals surface area (Å²) in [5, 5.41) is 13.4. The first-order valence-corrected chi connectivity index (χ1v) is 9.80. The number of benzene rings is 2. The van der Waals surface area contributed by atoms with Gasteiger partial charge in [0.15, 0.2) is 6.61 Å². The lowest BCUT2D eigenvalue weighted by Gasteiger charge is -2.19. The minimum Gasteiger partial charge on any atom is -0.452 e. The summed E-state index contributed by atoms with van der Waals surface area (Å²) in [6, 6.07) is 21.6. The molecule has 0 N–H and O–H groups in total. The fraction of sp³-hybridized carbons (Fsp3) is 0.125. The second kappa shape index (κ2) is 9.10. The van der Waals surface area contributed by atoms with Crippen LogP contribution in [-0.4, -0.2) is 35.2 Å². The zero-order chi connectivity index (χ0) is 22.5.